The van der Waals surface area contributed by atoms with E-state index in [-0.39, 0.29) is 11.2 Å². The fraction of sp³-hybridized carbons (Fsp3) is 0.750. The number of hydrogen-bond acceptors (Lipinski definition) is 4. The Morgan fingerprint density at radius 2 is 1.93 bits per heavy atom. The second kappa shape index (κ2) is 3.68. The van der Waals surface area contributed by atoms with Gasteiger partial charge >= 0.3 is 11.3 Å². The van der Waals surface area contributed by atoms with Gasteiger partial charge in [0.15, 0.2) is 5.82 Å². The number of nitrogens with two attached hydrogens (primary N) is 1. The third-order valence-electron chi connectivity index (χ3n) is 1.90. The molecule has 0 saturated carbocycles. The molecule has 1 unspecified atom stereocenters. The Labute approximate surface area is 90.8 Å². The number of aromatic nitrogens is 2. The van der Waals surface area contributed by atoms with Gasteiger partial charge in [0.2, 0.25) is 0 Å². The molecule has 1 aromatic heterocycles. The van der Waals surface area contributed by atoms with Gasteiger partial charge in [-0.2, -0.15) is 13.8 Å². The molecule has 0 amide bonds. The van der Waals surface area contributed by atoms with Gasteiger partial charge in [0.1, 0.15) is 0 Å². The number of alkyl halides is 3. The van der Waals surface area contributed by atoms with Gasteiger partial charge < -0.3 is 10.3 Å². The maximum atomic E-state index is 12.6. The summed E-state index contributed by atoms with van der Waals surface area (Å²) in [6, 6.07) is -0.589. The second-order valence-electron chi connectivity index (χ2n) is 4.30. The number of hydrogen-bond donors (Lipinski definition) is 1. The zero-order valence-corrected chi connectivity index (χ0v) is 9.35. The van der Waals surface area contributed by atoms with Crippen LogP contribution >= 0.6 is 11.6 Å². The number of halogens is 3. The second-order valence-corrected chi connectivity index (χ2v) is 4.77. The molecule has 0 saturated heterocycles. The lowest BCUT2D eigenvalue weighted by Gasteiger charge is -2.23. The SMILES string of the molecule is CC(C)(C)C(N)c1noc(C(F)(F)Cl)n1. The van der Waals surface area contributed by atoms with E-state index in [4.69, 9.17) is 17.3 Å². The molecular weight excluding hydrogens is 228 g/mol. The maximum absolute atomic E-state index is 12.6. The summed E-state index contributed by atoms with van der Waals surface area (Å²) in [5.74, 6) is -0.906. The Hall–Kier alpha value is -0.750. The van der Waals surface area contributed by atoms with Crippen LogP contribution < -0.4 is 5.73 Å². The van der Waals surface area contributed by atoms with Crippen molar-refractivity contribution < 1.29 is 13.3 Å². The average molecular weight is 240 g/mol. The lowest BCUT2D eigenvalue weighted by atomic mass is 9.87. The molecule has 1 rings (SSSR count). The van der Waals surface area contributed by atoms with Crippen molar-refractivity contribution in [2.45, 2.75) is 32.2 Å². The lowest BCUT2D eigenvalue weighted by Crippen LogP contribution is -2.27. The highest BCUT2D eigenvalue weighted by atomic mass is 35.5. The largest absolute Gasteiger partial charge is 0.400 e. The summed E-state index contributed by atoms with van der Waals surface area (Å²) < 4.78 is 29.4. The van der Waals surface area contributed by atoms with Gasteiger partial charge in [0.25, 0.3) is 0 Å². The summed E-state index contributed by atoms with van der Waals surface area (Å²) in [6.07, 6.45) is 0. The van der Waals surface area contributed by atoms with E-state index < -0.39 is 17.3 Å². The van der Waals surface area contributed by atoms with Crippen LogP contribution in [-0.2, 0) is 5.38 Å². The van der Waals surface area contributed by atoms with E-state index in [0.29, 0.717) is 0 Å². The van der Waals surface area contributed by atoms with Gasteiger partial charge in [-0.3, -0.25) is 0 Å². The maximum Gasteiger partial charge on any atom is 0.400 e. The summed E-state index contributed by atoms with van der Waals surface area (Å²) in [4.78, 5) is 3.46. The summed E-state index contributed by atoms with van der Waals surface area (Å²) in [7, 11) is 0. The smallest absolute Gasteiger partial charge is 0.331 e. The van der Waals surface area contributed by atoms with Crippen molar-refractivity contribution in [1.82, 2.24) is 10.1 Å². The highest BCUT2D eigenvalue weighted by Gasteiger charge is 2.37. The van der Waals surface area contributed by atoms with Crippen molar-refractivity contribution in [3.05, 3.63) is 11.7 Å². The molecule has 1 aromatic rings. The topological polar surface area (TPSA) is 64.9 Å². The van der Waals surface area contributed by atoms with Crippen molar-refractivity contribution >= 4 is 11.6 Å². The van der Waals surface area contributed by atoms with Crippen LogP contribution in [-0.4, -0.2) is 10.1 Å². The van der Waals surface area contributed by atoms with E-state index >= 15 is 0 Å². The molecule has 0 aliphatic rings. The molecule has 0 fully saturated rings. The quantitative estimate of drug-likeness (QED) is 0.805. The molecule has 0 spiro atoms. The van der Waals surface area contributed by atoms with Gasteiger partial charge in [-0.1, -0.05) is 25.9 Å². The Kier molecular flexibility index (Phi) is 3.02. The first-order valence-electron chi connectivity index (χ1n) is 4.29. The Morgan fingerprint density at radius 1 is 1.40 bits per heavy atom. The number of rotatable bonds is 2. The highest BCUT2D eigenvalue weighted by molar-refractivity contribution is 6.21. The van der Waals surface area contributed by atoms with Crippen LogP contribution in [0.4, 0.5) is 8.78 Å². The van der Waals surface area contributed by atoms with Gasteiger partial charge in [0, 0.05) is 0 Å². The van der Waals surface area contributed by atoms with Crippen molar-refractivity contribution in [3.8, 4) is 0 Å². The molecule has 0 aliphatic carbocycles. The zero-order chi connectivity index (χ0) is 11.9. The molecule has 15 heavy (non-hydrogen) atoms. The minimum Gasteiger partial charge on any atom is -0.331 e. The molecule has 1 heterocycles. The summed E-state index contributed by atoms with van der Waals surface area (Å²) in [5, 5.41) is -0.276. The van der Waals surface area contributed by atoms with E-state index in [1.165, 1.54) is 0 Å². The molecule has 2 N–H and O–H groups in total. The first-order chi connectivity index (χ1) is 6.62. The monoisotopic (exact) mass is 239 g/mol. The predicted octanol–water partition coefficient (Wildman–Crippen LogP) is 2.40. The van der Waals surface area contributed by atoms with Gasteiger partial charge in [0.05, 0.1) is 6.04 Å². The third-order valence-corrected chi connectivity index (χ3v) is 2.06. The summed E-state index contributed by atoms with van der Waals surface area (Å²) in [5.41, 5.74) is 5.41. The van der Waals surface area contributed by atoms with Gasteiger partial charge in [-0.05, 0) is 17.0 Å². The van der Waals surface area contributed by atoms with Crippen LogP contribution in [0.1, 0.15) is 38.5 Å². The normalized spacial score (nSPS) is 15.4. The first kappa shape index (κ1) is 12.3. The Bertz CT molecular complexity index is 342. The highest BCUT2D eigenvalue weighted by Crippen LogP contribution is 2.33. The molecule has 0 radical (unpaired) electrons. The van der Waals surface area contributed by atoms with E-state index in [1.54, 1.807) is 0 Å². The van der Waals surface area contributed by atoms with Crippen molar-refractivity contribution in [2.24, 2.45) is 11.1 Å². The van der Waals surface area contributed by atoms with E-state index in [2.05, 4.69) is 14.7 Å². The molecule has 7 heteroatoms. The zero-order valence-electron chi connectivity index (χ0n) is 8.59. The minimum atomic E-state index is -3.65. The molecule has 1 atom stereocenters. The van der Waals surface area contributed by atoms with Crippen LogP contribution in [0.2, 0.25) is 0 Å². The third kappa shape index (κ3) is 2.85. The number of nitrogens with zero attached hydrogens (tertiary/aromatic N) is 2. The summed E-state index contributed by atoms with van der Waals surface area (Å²) >= 11 is 4.72. The van der Waals surface area contributed by atoms with E-state index in [0.717, 1.165) is 0 Å². The molecule has 4 nitrogen and oxygen atoms in total. The fourth-order valence-corrected chi connectivity index (χ4v) is 0.940. The van der Waals surface area contributed by atoms with Crippen molar-refractivity contribution in [3.63, 3.8) is 0 Å². The van der Waals surface area contributed by atoms with Crippen LogP contribution in [0.5, 0.6) is 0 Å². The summed E-state index contributed by atoms with van der Waals surface area (Å²) in [6.45, 7) is 5.52. The lowest BCUT2D eigenvalue weighted by molar-refractivity contribution is 0.0550. The van der Waals surface area contributed by atoms with E-state index in [9.17, 15) is 8.78 Å². The van der Waals surface area contributed by atoms with Crippen molar-refractivity contribution in [1.29, 1.82) is 0 Å². The predicted molar refractivity (Wildman–Crippen MR) is 50.4 cm³/mol. The fourth-order valence-electron chi connectivity index (χ4n) is 0.864. The van der Waals surface area contributed by atoms with Crippen LogP contribution in [0.25, 0.3) is 0 Å². The Morgan fingerprint density at radius 3 is 2.27 bits per heavy atom. The van der Waals surface area contributed by atoms with E-state index in [1.807, 2.05) is 20.8 Å². The molecule has 0 aliphatic heterocycles. The first-order valence-corrected chi connectivity index (χ1v) is 4.66. The van der Waals surface area contributed by atoms with Crippen LogP contribution in [0, 0.1) is 5.41 Å². The molecule has 86 valence electrons. The Balaban J connectivity index is 2.95. The standard InChI is InChI=1S/C8H12ClF2N3O/c1-7(2,3)4(12)5-13-6(15-14-5)8(9,10)11/h4H,12H2,1-3H3. The van der Waals surface area contributed by atoms with Crippen LogP contribution in [0.15, 0.2) is 4.52 Å². The van der Waals surface area contributed by atoms with Crippen LogP contribution in [0.3, 0.4) is 0 Å². The molecular formula is C8H12ClF2N3O. The van der Waals surface area contributed by atoms with Gasteiger partial charge in [-0.15, -0.1) is 0 Å². The van der Waals surface area contributed by atoms with Crippen molar-refractivity contribution in [2.75, 3.05) is 0 Å². The van der Waals surface area contributed by atoms with Gasteiger partial charge in [-0.25, -0.2) is 0 Å². The average Bonchev–Trinajstić information content (AvgIpc) is 2.47. The molecule has 0 aromatic carbocycles. The molecule has 0 bridgehead atoms. The minimum absolute atomic E-state index is 0.0258.